The number of aliphatic hydroxyl groups is 1. The summed E-state index contributed by atoms with van der Waals surface area (Å²) in [6.45, 7) is 1.65. The molecule has 8 nitrogen and oxygen atoms in total. The van der Waals surface area contributed by atoms with E-state index in [9.17, 15) is 18.6 Å². The van der Waals surface area contributed by atoms with Crippen LogP contribution in [0.2, 0.25) is 5.02 Å². The van der Waals surface area contributed by atoms with Crippen LogP contribution < -0.4 is 9.47 Å². The van der Waals surface area contributed by atoms with E-state index in [0.717, 1.165) is 6.33 Å². The van der Waals surface area contributed by atoms with Crippen molar-refractivity contribution in [3.8, 4) is 28.5 Å². The molecular weight excluding hydrogens is 432 g/mol. The van der Waals surface area contributed by atoms with Crippen molar-refractivity contribution in [1.82, 2.24) is 9.97 Å². The molecule has 158 valence electrons. The van der Waals surface area contributed by atoms with Gasteiger partial charge < -0.3 is 19.7 Å². The highest BCUT2D eigenvalue weighted by atomic mass is 35.5. The Hall–Kier alpha value is -2.88. The molecule has 0 aliphatic heterocycles. The second-order valence-corrected chi connectivity index (χ2v) is 8.66. The first kappa shape index (κ1) is 21.8. The van der Waals surface area contributed by atoms with Crippen LogP contribution in [0.5, 0.6) is 17.2 Å². The highest BCUT2D eigenvalue weighted by Crippen LogP contribution is 2.38. The van der Waals surface area contributed by atoms with Gasteiger partial charge in [0.2, 0.25) is 14.9 Å². The van der Waals surface area contributed by atoms with Crippen LogP contribution in [0.4, 0.5) is 0 Å². The maximum atomic E-state index is 12.9. The average molecular weight is 451 g/mol. The molecule has 0 aliphatic carbocycles. The van der Waals surface area contributed by atoms with Gasteiger partial charge in [0, 0.05) is 10.6 Å². The fourth-order valence-electron chi connectivity index (χ4n) is 2.64. The molecule has 0 saturated heterocycles. The summed E-state index contributed by atoms with van der Waals surface area (Å²) in [5, 5.41) is 19.9. The van der Waals surface area contributed by atoms with Crippen LogP contribution in [0.15, 0.2) is 58.7 Å². The quantitative estimate of drug-likeness (QED) is 0.527. The number of aromatic nitrogens is 2. The Balaban J connectivity index is 2.04. The van der Waals surface area contributed by atoms with Gasteiger partial charge in [-0.2, -0.15) is 0 Å². The Morgan fingerprint density at radius 3 is 2.43 bits per heavy atom. The molecule has 1 aromatic heterocycles. The van der Waals surface area contributed by atoms with E-state index in [1.165, 1.54) is 37.4 Å². The molecule has 30 heavy (non-hydrogen) atoms. The Bertz CT molecular complexity index is 1150. The lowest BCUT2D eigenvalue weighted by molar-refractivity contribution is 0.120. The third-order valence-corrected chi connectivity index (χ3v) is 6.04. The normalized spacial score (nSPS) is 12.4. The standard InChI is InChI=1S/C20H19ClN2O6S/c1-12(24)10-29-16-8-3-13(9-17(16)28-2)18-19(25)20(23-11-22-18)30(26,27)15-6-4-14(21)5-7-15/h3-9,11-12,24-25H,10H2,1-2H3/t12-/m1/s1. The predicted octanol–water partition coefficient (Wildman–Crippen LogP) is 3.10. The summed E-state index contributed by atoms with van der Waals surface area (Å²) in [4.78, 5) is 7.74. The maximum Gasteiger partial charge on any atom is 0.227 e. The lowest BCUT2D eigenvalue weighted by Gasteiger charge is -2.14. The summed E-state index contributed by atoms with van der Waals surface area (Å²) >= 11 is 5.82. The first-order valence-electron chi connectivity index (χ1n) is 8.78. The van der Waals surface area contributed by atoms with Crippen molar-refractivity contribution < 1.29 is 28.1 Å². The summed E-state index contributed by atoms with van der Waals surface area (Å²) in [6, 6.07) is 10.2. The maximum absolute atomic E-state index is 12.9. The Labute approximate surface area is 178 Å². The molecular formula is C20H19ClN2O6S. The highest BCUT2D eigenvalue weighted by molar-refractivity contribution is 7.91. The van der Waals surface area contributed by atoms with Crippen molar-refractivity contribution in [2.75, 3.05) is 13.7 Å². The molecule has 3 rings (SSSR count). The molecule has 0 radical (unpaired) electrons. The number of aromatic hydroxyl groups is 1. The van der Waals surface area contributed by atoms with Crippen LogP contribution in [0.1, 0.15) is 6.92 Å². The van der Waals surface area contributed by atoms with Crippen LogP contribution in [0.3, 0.4) is 0 Å². The summed E-state index contributed by atoms with van der Waals surface area (Å²) in [7, 11) is -2.67. The molecule has 0 spiro atoms. The number of methoxy groups -OCH3 is 1. The number of hydrogen-bond donors (Lipinski definition) is 2. The number of rotatable bonds is 7. The van der Waals surface area contributed by atoms with Crippen molar-refractivity contribution in [2.24, 2.45) is 0 Å². The number of sulfone groups is 1. The van der Waals surface area contributed by atoms with Crippen molar-refractivity contribution in [2.45, 2.75) is 22.9 Å². The van der Waals surface area contributed by atoms with E-state index >= 15 is 0 Å². The van der Waals surface area contributed by atoms with E-state index < -0.39 is 26.7 Å². The summed E-state index contributed by atoms with van der Waals surface area (Å²) in [6.07, 6.45) is 0.392. The Kier molecular flexibility index (Phi) is 6.45. The predicted molar refractivity (Wildman–Crippen MR) is 110 cm³/mol. The topological polar surface area (TPSA) is 119 Å². The van der Waals surface area contributed by atoms with Gasteiger partial charge in [-0.3, -0.25) is 0 Å². The summed E-state index contributed by atoms with van der Waals surface area (Å²) in [5.41, 5.74) is 0.404. The molecule has 10 heteroatoms. The third kappa shape index (κ3) is 4.48. The molecule has 1 atom stereocenters. The van der Waals surface area contributed by atoms with Gasteiger partial charge in [0.15, 0.2) is 17.2 Å². The van der Waals surface area contributed by atoms with Crippen LogP contribution in [-0.2, 0) is 9.84 Å². The third-order valence-electron chi connectivity index (χ3n) is 4.08. The Morgan fingerprint density at radius 2 is 1.80 bits per heavy atom. The molecule has 0 aliphatic rings. The van der Waals surface area contributed by atoms with E-state index in [1.807, 2.05) is 0 Å². The number of hydrogen-bond acceptors (Lipinski definition) is 8. The Morgan fingerprint density at radius 1 is 1.10 bits per heavy atom. The molecule has 1 heterocycles. The zero-order valence-corrected chi connectivity index (χ0v) is 17.7. The average Bonchev–Trinajstić information content (AvgIpc) is 2.72. The smallest absolute Gasteiger partial charge is 0.227 e. The van der Waals surface area contributed by atoms with Crippen molar-refractivity contribution in [1.29, 1.82) is 0 Å². The largest absolute Gasteiger partial charge is 0.503 e. The van der Waals surface area contributed by atoms with Crippen molar-refractivity contribution >= 4 is 21.4 Å². The number of benzene rings is 2. The summed E-state index contributed by atoms with van der Waals surface area (Å²) in [5.74, 6) is 0.116. The van der Waals surface area contributed by atoms with E-state index in [-0.39, 0.29) is 17.2 Å². The molecule has 2 N–H and O–H groups in total. The first-order chi connectivity index (χ1) is 14.2. The van der Waals surface area contributed by atoms with Gasteiger partial charge in [0.1, 0.15) is 18.6 Å². The molecule has 0 unspecified atom stereocenters. The van der Waals surface area contributed by atoms with E-state index in [4.69, 9.17) is 21.1 Å². The lowest BCUT2D eigenvalue weighted by atomic mass is 10.1. The van der Waals surface area contributed by atoms with Crippen LogP contribution in [0, 0.1) is 0 Å². The van der Waals surface area contributed by atoms with Gasteiger partial charge >= 0.3 is 0 Å². The minimum Gasteiger partial charge on any atom is -0.503 e. The van der Waals surface area contributed by atoms with Gasteiger partial charge in [-0.15, -0.1) is 0 Å². The number of ether oxygens (including phenoxy) is 2. The van der Waals surface area contributed by atoms with Gasteiger partial charge in [-0.05, 0) is 49.4 Å². The van der Waals surface area contributed by atoms with E-state index in [2.05, 4.69) is 9.97 Å². The summed E-state index contributed by atoms with van der Waals surface area (Å²) < 4.78 is 36.6. The molecule has 0 saturated carbocycles. The fraction of sp³-hybridized carbons (Fsp3) is 0.200. The van der Waals surface area contributed by atoms with Gasteiger partial charge in [-0.25, -0.2) is 18.4 Å². The number of halogens is 1. The number of nitrogens with zero attached hydrogens (tertiary/aromatic N) is 2. The van der Waals surface area contributed by atoms with Crippen molar-refractivity contribution in [3.05, 3.63) is 53.8 Å². The SMILES string of the molecule is COc1cc(-c2ncnc(S(=O)(=O)c3ccc(Cl)cc3)c2O)ccc1OC[C@@H](C)O. The second kappa shape index (κ2) is 8.86. The van der Waals surface area contributed by atoms with E-state index in [0.29, 0.717) is 22.1 Å². The minimum atomic E-state index is -4.10. The molecule has 3 aromatic rings. The van der Waals surface area contributed by atoms with Crippen LogP contribution in [0.25, 0.3) is 11.3 Å². The highest BCUT2D eigenvalue weighted by Gasteiger charge is 2.26. The molecule has 0 amide bonds. The molecule has 0 fully saturated rings. The zero-order valence-electron chi connectivity index (χ0n) is 16.1. The zero-order chi connectivity index (χ0) is 21.9. The van der Waals surface area contributed by atoms with Crippen LogP contribution in [-0.4, -0.2) is 48.4 Å². The minimum absolute atomic E-state index is 0.0120. The van der Waals surface area contributed by atoms with Gasteiger partial charge in [-0.1, -0.05) is 11.6 Å². The van der Waals surface area contributed by atoms with Gasteiger partial charge in [0.05, 0.1) is 18.1 Å². The van der Waals surface area contributed by atoms with Crippen molar-refractivity contribution in [3.63, 3.8) is 0 Å². The monoisotopic (exact) mass is 450 g/mol. The van der Waals surface area contributed by atoms with E-state index in [1.54, 1.807) is 19.1 Å². The van der Waals surface area contributed by atoms with Gasteiger partial charge in [0.25, 0.3) is 0 Å². The number of aliphatic hydroxyl groups excluding tert-OH is 1. The molecule has 0 bridgehead atoms. The van der Waals surface area contributed by atoms with Crippen LogP contribution >= 0.6 is 11.6 Å². The first-order valence-corrected chi connectivity index (χ1v) is 10.6. The molecule has 2 aromatic carbocycles. The fourth-order valence-corrected chi connectivity index (χ4v) is 4.02. The lowest BCUT2D eigenvalue weighted by Crippen LogP contribution is -2.13. The second-order valence-electron chi connectivity index (χ2n) is 6.36.